The van der Waals surface area contributed by atoms with Gasteiger partial charge in [0.2, 0.25) is 0 Å². The number of hydrazone groups is 1. The maximum absolute atomic E-state index is 12.7. The van der Waals surface area contributed by atoms with Gasteiger partial charge in [0.05, 0.1) is 38.2 Å². The van der Waals surface area contributed by atoms with Gasteiger partial charge < -0.3 is 24.4 Å². The molecule has 1 unspecified atom stereocenters. The normalized spacial score (nSPS) is 23.6. The Bertz CT molecular complexity index is 1090. The van der Waals surface area contributed by atoms with Crippen LogP contribution in [0.2, 0.25) is 0 Å². The molecule has 0 aromatic heterocycles. The number of nitrogens with zero attached hydrogens (tertiary/aromatic N) is 3. The fourth-order valence-corrected chi connectivity index (χ4v) is 5.20. The van der Waals surface area contributed by atoms with Crippen molar-refractivity contribution < 1.29 is 19.0 Å². The zero-order valence-corrected chi connectivity index (χ0v) is 20.2. The molecule has 34 heavy (non-hydrogen) atoms. The molecular weight excluding hydrogens is 432 g/mol. The van der Waals surface area contributed by atoms with E-state index in [1.165, 1.54) is 10.7 Å². The molecular formula is C26H32N4O4. The lowest BCUT2D eigenvalue weighted by atomic mass is 9.94. The molecule has 1 N–H and O–H groups in total. The number of benzene rings is 2. The zero-order chi connectivity index (χ0) is 23.8. The van der Waals surface area contributed by atoms with E-state index in [4.69, 9.17) is 19.3 Å². The fourth-order valence-electron chi connectivity index (χ4n) is 5.20. The van der Waals surface area contributed by atoms with Crippen molar-refractivity contribution in [1.29, 1.82) is 0 Å². The summed E-state index contributed by atoms with van der Waals surface area (Å²) in [5, 5.41) is 9.10. The highest BCUT2D eigenvalue weighted by Gasteiger charge is 2.34. The Labute approximate surface area is 200 Å². The van der Waals surface area contributed by atoms with Gasteiger partial charge in [-0.1, -0.05) is 12.1 Å². The summed E-state index contributed by atoms with van der Waals surface area (Å²) in [5.74, 6) is 1.30. The predicted molar refractivity (Wildman–Crippen MR) is 131 cm³/mol. The van der Waals surface area contributed by atoms with Crippen LogP contribution >= 0.6 is 0 Å². The number of carbonyl (C=O) groups excluding carboxylic acids is 1. The Hall–Kier alpha value is -3.26. The van der Waals surface area contributed by atoms with Gasteiger partial charge in [-0.15, -0.1) is 0 Å². The van der Waals surface area contributed by atoms with Crippen molar-refractivity contribution in [3.63, 3.8) is 0 Å². The van der Waals surface area contributed by atoms with Crippen LogP contribution in [-0.4, -0.2) is 69.4 Å². The largest absolute Gasteiger partial charge is 0.493 e. The van der Waals surface area contributed by atoms with E-state index < -0.39 is 0 Å². The topological polar surface area (TPSA) is 75.6 Å². The molecule has 3 aliphatic heterocycles. The van der Waals surface area contributed by atoms with Gasteiger partial charge in [-0.05, 0) is 56.0 Å². The lowest BCUT2D eigenvalue weighted by Gasteiger charge is -2.34. The van der Waals surface area contributed by atoms with Gasteiger partial charge >= 0.3 is 6.03 Å². The lowest BCUT2D eigenvalue weighted by molar-refractivity contribution is 0.0305. The number of morpholine rings is 1. The van der Waals surface area contributed by atoms with Crippen molar-refractivity contribution >= 4 is 17.4 Å². The number of hydrogen-bond acceptors (Lipinski definition) is 6. The van der Waals surface area contributed by atoms with Gasteiger partial charge in [0.15, 0.2) is 11.5 Å². The summed E-state index contributed by atoms with van der Waals surface area (Å²) in [4.78, 5) is 15.1. The first-order valence-electron chi connectivity index (χ1n) is 11.9. The van der Waals surface area contributed by atoms with Crippen LogP contribution in [0.1, 0.15) is 36.5 Å². The third kappa shape index (κ3) is 4.07. The number of anilines is 1. The second kappa shape index (κ2) is 9.18. The number of ether oxygens (including phenoxy) is 3. The first kappa shape index (κ1) is 22.5. The summed E-state index contributed by atoms with van der Waals surface area (Å²) in [6.45, 7) is 3.86. The minimum Gasteiger partial charge on any atom is -0.493 e. The smallest absolute Gasteiger partial charge is 0.337 e. The number of carbonyl (C=O) groups is 1. The molecule has 0 spiro atoms. The molecule has 2 saturated heterocycles. The number of hydrogen-bond donors (Lipinski definition) is 1. The van der Waals surface area contributed by atoms with Gasteiger partial charge in [0, 0.05) is 37.0 Å². The van der Waals surface area contributed by atoms with Crippen LogP contribution in [0.5, 0.6) is 11.5 Å². The molecule has 5 rings (SSSR count). The molecule has 180 valence electrons. The Balaban J connectivity index is 1.55. The van der Waals surface area contributed by atoms with E-state index in [2.05, 4.69) is 34.5 Å². The number of nitrogens with one attached hydrogen (secondary N) is 1. The summed E-state index contributed by atoms with van der Waals surface area (Å²) < 4.78 is 17.1. The highest BCUT2D eigenvalue weighted by atomic mass is 16.5. The average Bonchev–Trinajstić information content (AvgIpc) is 3.13. The highest BCUT2D eigenvalue weighted by molar-refractivity contribution is 6.14. The van der Waals surface area contributed by atoms with E-state index in [1.54, 1.807) is 21.3 Å². The van der Waals surface area contributed by atoms with Crippen LogP contribution in [0.3, 0.4) is 0 Å². The minimum atomic E-state index is -0.239. The summed E-state index contributed by atoms with van der Waals surface area (Å²) in [7, 11) is 4.88. The molecule has 0 saturated carbocycles. The highest BCUT2D eigenvalue weighted by Crippen LogP contribution is 2.35. The summed E-state index contributed by atoms with van der Waals surface area (Å²) >= 11 is 0. The number of fused-ring (bicyclic) bond motifs is 3. The summed E-state index contributed by atoms with van der Waals surface area (Å²) in [6, 6.07) is 12.0. The minimum absolute atomic E-state index is 0.127. The number of methoxy groups -OCH3 is 2. The van der Waals surface area contributed by atoms with E-state index in [0.717, 1.165) is 48.3 Å². The van der Waals surface area contributed by atoms with Crippen LogP contribution in [0, 0.1) is 0 Å². The molecule has 2 aromatic rings. The molecule has 3 aliphatic rings. The van der Waals surface area contributed by atoms with Gasteiger partial charge in [-0.3, -0.25) is 0 Å². The zero-order valence-electron chi connectivity index (χ0n) is 20.2. The molecule has 8 heteroatoms. The average molecular weight is 465 g/mol. The number of amides is 2. The first-order chi connectivity index (χ1) is 16.5. The Morgan fingerprint density at radius 1 is 1.06 bits per heavy atom. The monoisotopic (exact) mass is 464 g/mol. The third-order valence-corrected chi connectivity index (χ3v) is 6.98. The second-order valence-corrected chi connectivity index (χ2v) is 9.18. The predicted octanol–water partition coefficient (Wildman–Crippen LogP) is 3.41. The van der Waals surface area contributed by atoms with Crippen molar-refractivity contribution in [3.8, 4) is 11.5 Å². The lowest BCUT2D eigenvalue weighted by Crippen LogP contribution is -2.42. The van der Waals surface area contributed by atoms with Crippen molar-refractivity contribution in [2.24, 2.45) is 5.10 Å². The van der Waals surface area contributed by atoms with Gasteiger partial charge in [0.1, 0.15) is 0 Å². The van der Waals surface area contributed by atoms with Crippen LogP contribution in [0.4, 0.5) is 10.5 Å². The first-order valence-corrected chi connectivity index (χ1v) is 11.9. The summed E-state index contributed by atoms with van der Waals surface area (Å²) in [5.41, 5.74) is 4.85. The molecule has 2 bridgehead atoms. The molecule has 0 radical (unpaired) electrons. The Morgan fingerprint density at radius 2 is 1.71 bits per heavy atom. The van der Waals surface area contributed by atoms with Crippen LogP contribution in [0.15, 0.2) is 41.5 Å². The maximum Gasteiger partial charge on any atom is 0.337 e. The number of rotatable bonds is 4. The summed E-state index contributed by atoms with van der Waals surface area (Å²) in [6.07, 6.45) is 3.60. The molecule has 3 heterocycles. The van der Waals surface area contributed by atoms with Gasteiger partial charge in [0.25, 0.3) is 0 Å². The van der Waals surface area contributed by atoms with Crippen LogP contribution in [0.25, 0.3) is 0 Å². The number of urea groups is 1. The Kier molecular flexibility index (Phi) is 6.08. The van der Waals surface area contributed by atoms with E-state index >= 15 is 0 Å². The molecule has 3 atom stereocenters. The third-order valence-electron chi connectivity index (χ3n) is 6.98. The molecule has 2 aromatic carbocycles. The SMILES string of the molecule is CNC(=O)N1N=C(c2ccc(N3C[C@H]4CC[C@@H](C3)O4)cc2)c2cc(OC)c(OC)cc2CC1C. The van der Waals surface area contributed by atoms with E-state index in [1.807, 2.05) is 19.1 Å². The quantitative estimate of drug-likeness (QED) is 0.751. The Morgan fingerprint density at radius 3 is 2.32 bits per heavy atom. The second-order valence-electron chi connectivity index (χ2n) is 9.18. The molecule has 0 aliphatic carbocycles. The van der Waals surface area contributed by atoms with Crippen molar-refractivity contribution in [1.82, 2.24) is 10.3 Å². The fraction of sp³-hybridized carbons (Fsp3) is 0.462. The van der Waals surface area contributed by atoms with Crippen molar-refractivity contribution in [2.45, 2.75) is 44.4 Å². The molecule has 2 amide bonds. The van der Waals surface area contributed by atoms with Crippen LogP contribution in [-0.2, 0) is 11.2 Å². The van der Waals surface area contributed by atoms with Crippen LogP contribution < -0.4 is 19.7 Å². The molecule has 8 nitrogen and oxygen atoms in total. The van der Waals surface area contributed by atoms with Crippen molar-refractivity contribution in [3.05, 3.63) is 53.1 Å². The van der Waals surface area contributed by atoms with E-state index in [-0.39, 0.29) is 12.1 Å². The maximum atomic E-state index is 12.7. The standard InChI is InChI=1S/C26H32N4O4/c1-16-11-18-12-23(32-3)24(33-4)13-22(18)25(28-30(16)26(31)27-2)17-5-7-19(8-6-17)29-14-20-9-10-21(15-29)34-20/h5-8,12-13,16,20-21H,9-11,14-15H2,1-4H3,(H,27,31)/t16?,20-,21+. The molecule has 2 fully saturated rings. The van der Waals surface area contributed by atoms with E-state index in [0.29, 0.717) is 30.1 Å². The van der Waals surface area contributed by atoms with Crippen molar-refractivity contribution in [2.75, 3.05) is 39.3 Å². The van der Waals surface area contributed by atoms with Gasteiger partial charge in [-0.2, -0.15) is 5.10 Å². The van der Waals surface area contributed by atoms with Gasteiger partial charge in [-0.25, -0.2) is 9.80 Å². The van der Waals surface area contributed by atoms with E-state index in [9.17, 15) is 4.79 Å².